The second-order valence-corrected chi connectivity index (χ2v) is 7.84. The Morgan fingerprint density at radius 3 is 2.92 bits per heavy atom. The highest BCUT2D eigenvalue weighted by atomic mass is 35.5. The van der Waals surface area contributed by atoms with Gasteiger partial charge in [0, 0.05) is 5.02 Å². The van der Waals surface area contributed by atoms with E-state index in [-0.39, 0.29) is 5.25 Å². The zero-order valence-corrected chi connectivity index (χ0v) is 15.4. The molecule has 126 valence electrons. The fourth-order valence-electron chi connectivity index (χ4n) is 2.22. The Kier molecular flexibility index (Phi) is 4.56. The topological polar surface area (TPSA) is 69.6 Å². The van der Waals surface area contributed by atoms with E-state index in [0.717, 1.165) is 15.7 Å². The zero-order chi connectivity index (χ0) is 17.2. The van der Waals surface area contributed by atoms with E-state index >= 15 is 0 Å². The number of hydrogen-bond acceptors (Lipinski definition) is 7. The highest BCUT2D eigenvalue weighted by Crippen LogP contribution is 2.35. The summed E-state index contributed by atoms with van der Waals surface area (Å²) < 4.78 is 7.67. The summed E-state index contributed by atoms with van der Waals surface area (Å²) in [5, 5.41) is 19.8. The van der Waals surface area contributed by atoms with Gasteiger partial charge in [0.05, 0.1) is 15.8 Å². The third-order valence-corrected chi connectivity index (χ3v) is 5.54. The summed E-state index contributed by atoms with van der Waals surface area (Å²) in [5.41, 5.74) is 0.900. The molecule has 0 aliphatic heterocycles. The van der Waals surface area contributed by atoms with Crippen molar-refractivity contribution in [1.29, 1.82) is 0 Å². The number of hydrogen-bond donors (Lipinski definition) is 0. The maximum Gasteiger partial charge on any atom is 0.257 e. The van der Waals surface area contributed by atoms with Crippen LogP contribution >= 0.6 is 34.7 Å². The predicted octanol–water partition coefficient (Wildman–Crippen LogP) is 4.89. The van der Waals surface area contributed by atoms with Gasteiger partial charge in [0.1, 0.15) is 6.33 Å². The Morgan fingerprint density at radius 2 is 2.12 bits per heavy atom. The Morgan fingerprint density at radius 1 is 1.20 bits per heavy atom. The molecule has 4 aromatic rings. The standard InChI is InChI=1S/C16H12ClN5OS2/c1-10(14-19-20-15(23-14)13-6-3-7-24-13)25-16-21-18-9-22(16)12-5-2-4-11(17)8-12/h2-10H,1H3. The van der Waals surface area contributed by atoms with Gasteiger partial charge < -0.3 is 4.42 Å². The van der Waals surface area contributed by atoms with Crippen LogP contribution in [0.25, 0.3) is 16.5 Å². The predicted molar refractivity (Wildman–Crippen MR) is 98.3 cm³/mol. The zero-order valence-electron chi connectivity index (χ0n) is 13.0. The Bertz CT molecular complexity index is 982. The average molecular weight is 390 g/mol. The van der Waals surface area contributed by atoms with Crippen molar-refractivity contribution in [3.8, 4) is 16.5 Å². The highest BCUT2D eigenvalue weighted by molar-refractivity contribution is 7.99. The summed E-state index contributed by atoms with van der Waals surface area (Å²) in [6, 6.07) is 11.4. The molecule has 0 aliphatic rings. The largest absolute Gasteiger partial charge is 0.419 e. The first-order chi connectivity index (χ1) is 12.2. The molecule has 0 N–H and O–H groups in total. The van der Waals surface area contributed by atoms with Crippen LogP contribution in [-0.4, -0.2) is 25.0 Å². The minimum atomic E-state index is -0.0663. The number of rotatable bonds is 5. The van der Waals surface area contributed by atoms with Crippen molar-refractivity contribution in [2.45, 2.75) is 17.3 Å². The van der Waals surface area contributed by atoms with Gasteiger partial charge in [-0.3, -0.25) is 4.57 Å². The quantitative estimate of drug-likeness (QED) is 0.453. The summed E-state index contributed by atoms with van der Waals surface area (Å²) in [6.07, 6.45) is 1.66. The van der Waals surface area contributed by atoms with E-state index < -0.39 is 0 Å². The minimum Gasteiger partial charge on any atom is -0.419 e. The van der Waals surface area contributed by atoms with E-state index in [1.807, 2.05) is 53.3 Å². The first-order valence-electron chi connectivity index (χ1n) is 7.40. The van der Waals surface area contributed by atoms with Crippen LogP contribution in [0.1, 0.15) is 18.1 Å². The molecule has 4 rings (SSSR count). The average Bonchev–Trinajstić information content (AvgIpc) is 3.35. The Hall–Kier alpha value is -2.16. The molecule has 3 heterocycles. The molecule has 0 spiro atoms. The smallest absolute Gasteiger partial charge is 0.257 e. The second-order valence-electron chi connectivity index (χ2n) is 5.15. The van der Waals surface area contributed by atoms with Gasteiger partial charge in [-0.25, -0.2) is 0 Å². The monoisotopic (exact) mass is 389 g/mol. The molecule has 1 unspecified atom stereocenters. The van der Waals surface area contributed by atoms with Crippen LogP contribution in [-0.2, 0) is 0 Å². The summed E-state index contributed by atoms with van der Waals surface area (Å²) in [5.74, 6) is 1.09. The van der Waals surface area contributed by atoms with Crippen molar-refractivity contribution in [2.24, 2.45) is 0 Å². The molecular formula is C16H12ClN5OS2. The minimum absolute atomic E-state index is 0.0663. The van der Waals surface area contributed by atoms with Crippen LogP contribution in [0.5, 0.6) is 0 Å². The van der Waals surface area contributed by atoms with Gasteiger partial charge in [0.15, 0.2) is 5.16 Å². The molecule has 25 heavy (non-hydrogen) atoms. The fraction of sp³-hybridized carbons (Fsp3) is 0.125. The van der Waals surface area contributed by atoms with Gasteiger partial charge in [-0.05, 0) is 36.6 Å². The van der Waals surface area contributed by atoms with Crippen LogP contribution in [0.3, 0.4) is 0 Å². The van der Waals surface area contributed by atoms with Gasteiger partial charge in [-0.2, -0.15) is 0 Å². The molecule has 0 bridgehead atoms. The molecular weight excluding hydrogens is 378 g/mol. The van der Waals surface area contributed by atoms with Crippen molar-refractivity contribution in [1.82, 2.24) is 25.0 Å². The van der Waals surface area contributed by atoms with Crippen molar-refractivity contribution in [3.63, 3.8) is 0 Å². The van der Waals surface area contributed by atoms with Crippen molar-refractivity contribution in [2.75, 3.05) is 0 Å². The summed E-state index contributed by atoms with van der Waals surface area (Å²) in [7, 11) is 0. The number of aromatic nitrogens is 5. The van der Waals surface area contributed by atoms with Crippen LogP contribution in [0.4, 0.5) is 0 Å². The Labute approximate surface area is 156 Å². The van der Waals surface area contributed by atoms with E-state index in [0.29, 0.717) is 16.8 Å². The molecule has 0 saturated heterocycles. The van der Waals surface area contributed by atoms with Crippen molar-refractivity contribution >= 4 is 34.7 Å². The first kappa shape index (κ1) is 16.3. The lowest BCUT2D eigenvalue weighted by atomic mass is 10.3. The fourth-order valence-corrected chi connectivity index (χ4v) is 3.92. The number of thiophene rings is 1. The summed E-state index contributed by atoms with van der Waals surface area (Å²) in [6.45, 7) is 1.99. The van der Waals surface area contributed by atoms with E-state index in [4.69, 9.17) is 16.0 Å². The maximum absolute atomic E-state index is 6.07. The molecule has 0 amide bonds. The molecule has 0 radical (unpaired) electrons. The van der Waals surface area contributed by atoms with Gasteiger partial charge >= 0.3 is 0 Å². The molecule has 6 nitrogen and oxygen atoms in total. The van der Waals surface area contributed by atoms with E-state index in [2.05, 4.69) is 20.4 Å². The molecule has 0 fully saturated rings. The van der Waals surface area contributed by atoms with Crippen LogP contribution < -0.4 is 0 Å². The molecule has 0 aliphatic carbocycles. The lowest BCUT2D eigenvalue weighted by molar-refractivity contribution is 0.510. The first-order valence-corrected chi connectivity index (χ1v) is 9.54. The summed E-state index contributed by atoms with van der Waals surface area (Å²) in [4.78, 5) is 0.957. The lowest BCUT2D eigenvalue weighted by Gasteiger charge is -2.09. The summed E-state index contributed by atoms with van der Waals surface area (Å²) >= 11 is 9.13. The second kappa shape index (κ2) is 6.99. The number of nitrogens with zero attached hydrogens (tertiary/aromatic N) is 5. The lowest BCUT2D eigenvalue weighted by Crippen LogP contribution is -1.97. The number of benzene rings is 1. The van der Waals surface area contributed by atoms with Gasteiger partial charge in [-0.15, -0.1) is 31.7 Å². The highest BCUT2D eigenvalue weighted by Gasteiger charge is 2.19. The molecule has 1 atom stereocenters. The van der Waals surface area contributed by atoms with E-state index in [1.54, 1.807) is 17.7 Å². The van der Waals surface area contributed by atoms with Crippen molar-refractivity contribution < 1.29 is 4.42 Å². The van der Waals surface area contributed by atoms with Gasteiger partial charge in [0.25, 0.3) is 5.89 Å². The molecule has 9 heteroatoms. The number of halogens is 1. The normalized spacial score (nSPS) is 12.4. The van der Waals surface area contributed by atoms with Crippen LogP contribution in [0, 0.1) is 0 Å². The van der Waals surface area contributed by atoms with Crippen molar-refractivity contribution in [3.05, 3.63) is 59.0 Å². The SMILES string of the molecule is CC(Sc1nncn1-c1cccc(Cl)c1)c1nnc(-c2cccs2)o1. The third kappa shape index (κ3) is 3.46. The molecule has 0 saturated carbocycles. The van der Waals surface area contributed by atoms with E-state index in [1.165, 1.54) is 11.8 Å². The maximum atomic E-state index is 6.07. The van der Waals surface area contributed by atoms with Gasteiger partial charge in [-0.1, -0.05) is 35.5 Å². The molecule has 1 aromatic carbocycles. The van der Waals surface area contributed by atoms with Crippen LogP contribution in [0.15, 0.2) is 57.7 Å². The molecule has 3 aromatic heterocycles. The Balaban J connectivity index is 1.56. The van der Waals surface area contributed by atoms with Gasteiger partial charge in [0.2, 0.25) is 5.89 Å². The van der Waals surface area contributed by atoms with E-state index in [9.17, 15) is 0 Å². The van der Waals surface area contributed by atoms with Crippen LogP contribution in [0.2, 0.25) is 5.02 Å². The number of thioether (sulfide) groups is 1. The third-order valence-electron chi connectivity index (χ3n) is 3.41.